The standard InChI is InChI=1S/C19H23NO4S/c1-5-24-15-8-6-7-14(11-15)20-19(21)13(2)25-16-9-10-17(22-3)18(12-16)23-4/h6-13H,5H2,1-4H3,(H,20,21). The Labute approximate surface area is 152 Å². The minimum atomic E-state index is -0.270. The molecule has 2 aromatic rings. The van der Waals surface area contributed by atoms with Crippen molar-refractivity contribution in [3.8, 4) is 17.2 Å². The molecular formula is C19H23NO4S. The van der Waals surface area contributed by atoms with Gasteiger partial charge in [0, 0.05) is 16.6 Å². The molecule has 6 heteroatoms. The summed E-state index contributed by atoms with van der Waals surface area (Å²) in [6.45, 7) is 4.37. The molecule has 1 amide bonds. The van der Waals surface area contributed by atoms with Crippen LogP contribution in [0, 0.1) is 0 Å². The lowest BCUT2D eigenvalue weighted by molar-refractivity contribution is -0.115. The van der Waals surface area contributed by atoms with Crippen LogP contribution in [-0.2, 0) is 4.79 Å². The van der Waals surface area contributed by atoms with E-state index in [1.165, 1.54) is 11.8 Å². The smallest absolute Gasteiger partial charge is 0.237 e. The maximum Gasteiger partial charge on any atom is 0.237 e. The summed E-state index contributed by atoms with van der Waals surface area (Å²) in [7, 11) is 3.19. The lowest BCUT2D eigenvalue weighted by Crippen LogP contribution is -2.22. The molecule has 0 fully saturated rings. The molecule has 0 saturated heterocycles. The second kappa shape index (κ2) is 9.22. The van der Waals surface area contributed by atoms with E-state index in [2.05, 4.69) is 5.32 Å². The summed E-state index contributed by atoms with van der Waals surface area (Å²) in [5.74, 6) is 1.97. The first-order chi connectivity index (χ1) is 12.1. The molecule has 0 radical (unpaired) electrons. The number of carbonyl (C=O) groups is 1. The Morgan fingerprint density at radius 2 is 1.88 bits per heavy atom. The van der Waals surface area contributed by atoms with Crippen LogP contribution in [0.4, 0.5) is 5.69 Å². The van der Waals surface area contributed by atoms with Crippen molar-refractivity contribution in [1.82, 2.24) is 0 Å². The quantitative estimate of drug-likeness (QED) is 0.714. The van der Waals surface area contributed by atoms with Crippen LogP contribution in [0.1, 0.15) is 13.8 Å². The Balaban J connectivity index is 2.01. The third-order valence-corrected chi connectivity index (χ3v) is 4.54. The van der Waals surface area contributed by atoms with Crippen molar-refractivity contribution in [2.24, 2.45) is 0 Å². The van der Waals surface area contributed by atoms with Gasteiger partial charge in [-0.2, -0.15) is 0 Å². The predicted octanol–water partition coefficient (Wildman–Crippen LogP) is 4.22. The number of carbonyl (C=O) groups excluding carboxylic acids is 1. The van der Waals surface area contributed by atoms with Crippen LogP contribution in [0.2, 0.25) is 0 Å². The van der Waals surface area contributed by atoms with Crippen molar-refractivity contribution in [1.29, 1.82) is 0 Å². The average molecular weight is 361 g/mol. The van der Waals surface area contributed by atoms with Crippen LogP contribution < -0.4 is 19.5 Å². The van der Waals surface area contributed by atoms with Gasteiger partial charge in [-0.05, 0) is 44.2 Å². The van der Waals surface area contributed by atoms with Crippen LogP contribution in [0.5, 0.6) is 17.2 Å². The third kappa shape index (κ3) is 5.32. The van der Waals surface area contributed by atoms with Gasteiger partial charge < -0.3 is 19.5 Å². The van der Waals surface area contributed by atoms with E-state index in [1.54, 1.807) is 14.2 Å². The number of ether oxygens (including phenoxy) is 3. The number of thioether (sulfide) groups is 1. The monoisotopic (exact) mass is 361 g/mol. The Kier molecular flexibility index (Phi) is 7.01. The van der Waals surface area contributed by atoms with Gasteiger partial charge in [0.15, 0.2) is 11.5 Å². The number of rotatable bonds is 8. The molecule has 0 aliphatic carbocycles. The SMILES string of the molecule is CCOc1cccc(NC(=O)C(C)Sc2ccc(OC)c(OC)c2)c1. The first kappa shape index (κ1) is 19.0. The number of nitrogens with one attached hydrogen (secondary N) is 1. The zero-order valence-corrected chi connectivity index (χ0v) is 15.7. The predicted molar refractivity (Wildman–Crippen MR) is 101 cm³/mol. The van der Waals surface area contributed by atoms with E-state index in [9.17, 15) is 4.79 Å². The second-order valence-electron chi connectivity index (χ2n) is 5.23. The van der Waals surface area contributed by atoms with Crippen molar-refractivity contribution in [3.63, 3.8) is 0 Å². The van der Waals surface area contributed by atoms with E-state index in [1.807, 2.05) is 56.3 Å². The molecule has 0 saturated carbocycles. The maximum atomic E-state index is 12.4. The summed E-state index contributed by atoms with van der Waals surface area (Å²) >= 11 is 1.46. The zero-order valence-electron chi connectivity index (χ0n) is 14.9. The first-order valence-electron chi connectivity index (χ1n) is 7.99. The molecule has 0 bridgehead atoms. The molecule has 25 heavy (non-hydrogen) atoms. The Hall–Kier alpha value is -2.34. The summed E-state index contributed by atoms with van der Waals surface area (Å²) in [5.41, 5.74) is 0.718. The first-order valence-corrected chi connectivity index (χ1v) is 8.87. The summed E-state index contributed by atoms with van der Waals surface area (Å²) in [6.07, 6.45) is 0. The van der Waals surface area contributed by atoms with Gasteiger partial charge in [-0.1, -0.05) is 6.07 Å². The van der Waals surface area contributed by atoms with Crippen molar-refractivity contribution in [3.05, 3.63) is 42.5 Å². The highest BCUT2D eigenvalue weighted by atomic mass is 32.2. The van der Waals surface area contributed by atoms with Crippen molar-refractivity contribution in [2.45, 2.75) is 24.0 Å². The fourth-order valence-electron chi connectivity index (χ4n) is 2.22. The molecule has 0 aliphatic rings. The largest absolute Gasteiger partial charge is 0.494 e. The summed E-state index contributed by atoms with van der Waals surface area (Å²) in [6, 6.07) is 13.0. The summed E-state index contributed by atoms with van der Waals surface area (Å²) in [4.78, 5) is 13.4. The van der Waals surface area contributed by atoms with E-state index in [0.717, 1.165) is 16.3 Å². The highest BCUT2D eigenvalue weighted by Gasteiger charge is 2.16. The Bertz CT molecular complexity index is 720. The van der Waals surface area contributed by atoms with Crippen LogP contribution in [0.25, 0.3) is 0 Å². The van der Waals surface area contributed by atoms with Crippen molar-refractivity contribution < 1.29 is 19.0 Å². The van der Waals surface area contributed by atoms with Gasteiger partial charge in [-0.15, -0.1) is 11.8 Å². The molecule has 1 atom stereocenters. The molecule has 134 valence electrons. The Morgan fingerprint density at radius 3 is 2.56 bits per heavy atom. The third-order valence-electron chi connectivity index (χ3n) is 3.45. The second-order valence-corrected chi connectivity index (χ2v) is 6.64. The molecular weight excluding hydrogens is 338 g/mol. The van der Waals surface area contributed by atoms with Gasteiger partial charge in [0.05, 0.1) is 26.1 Å². The van der Waals surface area contributed by atoms with Gasteiger partial charge in [0.1, 0.15) is 5.75 Å². The number of hydrogen-bond donors (Lipinski definition) is 1. The fraction of sp³-hybridized carbons (Fsp3) is 0.316. The molecule has 1 unspecified atom stereocenters. The number of benzene rings is 2. The molecule has 2 rings (SSSR count). The normalized spacial score (nSPS) is 11.5. The minimum Gasteiger partial charge on any atom is -0.494 e. The van der Waals surface area contributed by atoms with E-state index < -0.39 is 0 Å². The number of methoxy groups -OCH3 is 2. The van der Waals surface area contributed by atoms with Crippen LogP contribution in [-0.4, -0.2) is 32.0 Å². The molecule has 0 heterocycles. The van der Waals surface area contributed by atoms with E-state index >= 15 is 0 Å². The Morgan fingerprint density at radius 1 is 1.12 bits per heavy atom. The van der Waals surface area contributed by atoms with Gasteiger partial charge >= 0.3 is 0 Å². The van der Waals surface area contributed by atoms with Crippen molar-refractivity contribution >= 4 is 23.4 Å². The minimum absolute atomic E-state index is 0.0755. The number of anilines is 1. The van der Waals surface area contributed by atoms with E-state index in [4.69, 9.17) is 14.2 Å². The average Bonchev–Trinajstić information content (AvgIpc) is 2.62. The topological polar surface area (TPSA) is 56.8 Å². The molecule has 0 spiro atoms. The van der Waals surface area contributed by atoms with Gasteiger partial charge in [-0.25, -0.2) is 0 Å². The molecule has 0 aromatic heterocycles. The summed E-state index contributed by atoms with van der Waals surface area (Å²) < 4.78 is 16.0. The molecule has 1 N–H and O–H groups in total. The maximum absolute atomic E-state index is 12.4. The highest BCUT2D eigenvalue weighted by Crippen LogP contribution is 2.33. The van der Waals surface area contributed by atoms with E-state index in [0.29, 0.717) is 18.1 Å². The molecule has 2 aromatic carbocycles. The van der Waals surface area contributed by atoms with Gasteiger partial charge in [-0.3, -0.25) is 4.79 Å². The van der Waals surface area contributed by atoms with Crippen LogP contribution >= 0.6 is 11.8 Å². The van der Waals surface area contributed by atoms with Crippen LogP contribution in [0.15, 0.2) is 47.4 Å². The van der Waals surface area contributed by atoms with Crippen LogP contribution in [0.3, 0.4) is 0 Å². The van der Waals surface area contributed by atoms with Gasteiger partial charge in [0.25, 0.3) is 0 Å². The van der Waals surface area contributed by atoms with Crippen molar-refractivity contribution in [2.75, 3.05) is 26.1 Å². The fourth-order valence-corrected chi connectivity index (χ4v) is 3.12. The number of hydrogen-bond acceptors (Lipinski definition) is 5. The molecule has 5 nitrogen and oxygen atoms in total. The molecule has 0 aliphatic heterocycles. The summed E-state index contributed by atoms with van der Waals surface area (Å²) in [5, 5.41) is 2.65. The lowest BCUT2D eigenvalue weighted by atomic mass is 10.3. The lowest BCUT2D eigenvalue weighted by Gasteiger charge is -2.14. The highest BCUT2D eigenvalue weighted by molar-refractivity contribution is 8.00. The zero-order chi connectivity index (χ0) is 18.2. The number of amides is 1. The van der Waals surface area contributed by atoms with E-state index in [-0.39, 0.29) is 11.2 Å². The van der Waals surface area contributed by atoms with Gasteiger partial charge in [0.2, 0.25) is 5.91 Å².